The van der Waals surface area contributed by atoms with Crippen LogP contribution in [-0.4, -0.2) is 22.4 Å². The highest BCUT2D eigenvalue weighted by Gasteiger charge is 2.15. The van der Waals surface area contributed by atoms with Crippen molar-refractivity contribution in [3.05, 3.63) is 55.3 Å². The smallest absolute Gasteiger partial charge is 0.267 e. The number of ketones is 1. The van der Waals surface area contributed by atoms with Crippen molar-refractivity contribution in [1.29, 1.82) is 0 Å². The van der Waals surface area contributed by atoms with Crippen LogP contribution in [0.25, 0.3) is 0 Å². The second-order valence-electron chi connectivity index (χ2n) is 4.70. The number of rotatable bonds is 4. The molecule has 1 heterocycles. The molecule has 0 unspecified atom stereocenters. The highest BCUT2D eigenvalue weighted by molar-refractivity contribution is 14.1. The fourth-order valence-electron chi connectivity index (χ4n) is 1.93. The van der Waals surface area contributed by atoms with Crippen molar-refractivity contribution in [2.75, 3.05) is 7.11 Å². The van der Waals surface area contributed by atoms with Crippen molar-refractivity contribution in [3.8, 4) is 5.75 Å². The minimum Gasteiger partial charge on any atom is -0.496 e. The normalized spacial score (nSPS) is 10.5. The number of Topliss-reactive ketones (excluding diaryl/α,β-unsaturated/α-hetero) is 1. The highest BCUT2D eigenvalue weighted by atomic mass is 127. The first-order chi connectivity index (χ1) is 9.93. The number of aromatic nitrogens is 2. The average Bonchev–Trinajstić information content (AvgIpc) is 2.47. The Morgan fingerprint density at radius 1 is 1.38 bits per heavy atom. The second-order valence-corrected chi connectivity index (χ2v) is 5.78. The number of carbonyl (C=O) groups excluding carboxylic acids is 1. The van der Waals surface area contributed by atoms with E-state index < -0.39 is 0 Å². The third-order valence-electron chi connectivity index (χ3n) is 3.13. The van der Waals surface area contributed by atoms with E-state index in [4.69, 9.17) is 4.74 Å². The van der Waals surface area contributed by atoms with Crippen molar-refractivity contribution in [2.45, 2.75) is 20.4 Å². The summed E-state index contributed by atoms with van der Waals surface area (Å²) in [4.78, 5) is 28.6. The maximum atomic E-state index is 12.4. The van der Waals surface area contributed by atoms with Crippen molar-refractivity contribution >= 4 is 28.4 Å². The van der Waals surface area contributed by atoms with Gasteiger partial charge < -0.3 is 4.74 Å². The number of nitrogens with zero attached hydrogens (tertiary/aromatic N) is 2. The Bertz CT molecular complexity index is 753. The summed E-state index contributed by atoms with van der Waals surface area (Å²) in [6.07, 6.45) is 1.40. The molecular weight excluding hydrogens is 383 g/mol. The lowest BCUT2D eigenvalue weighted by Gasteiger charge is -2.10. The van der Waals surface area contributed by atoms with Gasteiger partial charge in [0.1, 0.15) is 5.75 Å². The van der Waals surface area contributed by atoms with Crippen molar-refractivity contribution in [2.24, 2.45) is 0 Å². The molecular formula is C15H15IN2O3. The zero-order valence-electron chi connectivity index (χ0n) is 12.0. The average molecular weight is 398 g/mol. The molecule has 0 bridgehead atoms. The molecule has 0 radical (unpaired) electrons. The maximum absolute atomic E-state index is 12.4. The predicted molar refractivity (Wildman–Crippen MR) is 88.0 cm³/mol. The van der Waals surface area contributed by atoms with Gasteiger partial charge in [0, 0.05) is 0 Å². The standard InChI is InChI=1S/C15H15IN2O3/c1-9-4-5-11(13(6-9)21-3)12(19)7-18-8-17-10(2)14(16)15(18)20/h4-6,8H,7H2,1-3H3. The number of hydrogen-bond acceptors (Lipinski definition) is 4. The Morgan fingerprint density at radius 2 is 2.10 bits per heavy atom. The molecule has 0 saturated carbocycles. The molecule has 0 aliphatic heterocycles. The molecule has 5 nitrogen and oxygen atoms in total. The van der Waals surface area contributed by atoms with Crippen LogP contribution >= 0.6 is 22.6 Å². The van der Waals surface area contributed by atoms with Crippen LogP contribution in [0.4, 0.5) is 0 Å². The summed E-state index contributed by atoms with van der Waals surface area (Å²) in [6.45, 7) is 3.63. The lowest BCUT2D eigenvalue weighted by molar-refractivity contribution is 0.0967. The number of methoxy groups -OCH3 is 1. The van der Waals surface area contributed by atoms with Gasteiger partial charge in [-0.1, -0.05) is 6.07 Å². The van der Waals surface area contributed by atoms with Crippen molar-refractivity contribution in [1.82, 2.24) is 9.55 Å². The van der Waals surface area contributed by atoms with Crippen LogP contribution in [0.3, 0.4) is 0 Å². The lowest BCUT2D eigenvalue weighted by atomic mass is 10.1. The van der Waals surface area contributed by atoms with Gasteiger partial charge in [-0.05, 0) is 54.1 Å². The molecule has 0 saturated heterocycles. The summed E-state index contributed by atoms with van der Waals surface area (Å²) in [6, 6.07) is 5.36. The molecule has 110 valence electrons. The molecule has 0 spiro atoms. The van der Waals surface area contributed by atoms with E-state index in [1.54, 1.807) is 19.1 Å². The van der Waals surface area contributed by atoms with Gasteiger partial charge in [-0.15, -0.1) is 0 Å². The Balaban J connectivity index is 2.35. The van der Waals surface area contributed by atoms with Crippen LogP contribution in [0, 0.1) is 17.4 Å². The SMILES string of the molecule is COc1cc(C)ccc1C(=O)Cn1cnc(C)c(I)c1=O. The Labute approximate surface area is 136 Å². The molecule has 1 aromatic carbocycles. The monoisotopic (exact) mass is 398 g/mol. The number of hydrogen-bond donors (Lipinski definition) is 0. The molecule has 2 aromatic rings. The first kappa shape index (κ1) is 15.7. The summed E-state index contributed by atoms with van der Waals surface area (Å²) in [5, 5.41) is 0. The van der Waals surface area contributed by atoms with E-state index in [1.165, 1.54) is 18.0 Å². The van der Waals surface area contributed by atoms with Crippen LogP contribution in [0.5, 0.6) is 5.75 Å². The molecule has 6 heteroatoms. The number of aryl methyl sites for hydroxylation is 2. The Kier molecular flexibility index (Phi) is 4.76. The third kappa shape index (κ3) is 3.31. The van der Waals surface area contributed by atoms with E-state index in [1.807, 2.05) is 35.6 Å². The van der Waals surface area contributed by atoms with E-state index in [9.17, 15) is 9.59 Å². The van der Waals surface area contributed by atoms with Crippen LogP contribution in [0.1, 0.15) is 21.6 Å². The summed E-state index contributed by atoms with van der Waals surface area (Å²) >= 11 is 1.94. The number of benzene rings is 1. The van der Waals surface area contributed by atoms with Gasteiger partial charge in [0.25, 0.3) is 5.56 Å². The van der Waals surface area contributed by atoms with E-state index in [0.29, 0.717) is 20.6 Å². The van der Waals surface area contributed by atoms with E-state index >= 15 is 0 Å². The first-order valence-electron chi connectivity index (χ1n) is 6.33. The van der Waals surface area contributed by atoms with Gasteiger partial charge in [0.05, 0.1) is 34.8 Å². The molecule has 0 fully saturated rings. The highest BCUT2D eigenvalue weighted by Crippen LogP contribution is 2.20. The molecule has 0 aliphatic carbocycles. The van der Waals surface area contributed by atoms with E-state index in [2.05, 4.69) is 4.98 Å². The fraction of sp³-hybridized carbons (Fsp3) is 0.267. The molecule has 0 N–H and O–H groups in total. The molecule has 21 heavy (non-hydrogen) atoms. The van der Waals surface area contributed by atoms with Gasteiger partial charge in [-0.25, -0.2) is 4.98 Å². The third-order valence-corrected chi connectivity index (χ3v) is 4.37. The first-order valence-corrected chi connectivity index (χ1v) is 7.41. The minimum absolute atomic E-state index is 0.0540. The largest absolute Gasteiger partial charge is 0.496 e. The minimum atomic E-state index is -0.206. The molecule has 0 amide bonds. The molecule has 1 aromatic heterocycles. The summed E-state index contributed by atoms with van der Waals surface area (Å²) in [7, 11) is 1.52. The number of carbonyl (C=O) groups is 1. The summed E-state index contributed by atoms with van der Waals surface area (Å²) < 4.78 is 7.08. The van der Waals surface area contributed by atoms with Gasteiger partial charge in [0.15, 0.2) is 5.78 Å². The predicted octanol–water partition coefficient (Wildman–Crippen LogP) is 2.36. The van der Waals surface area contributed by atoms with E-state index in [0.717, 1.165) is 5.56 Å². The van der Waals surface area contributed by atoms with E-state index in [-0.39, 0.29) is 17.9 Å². The van der Waals surface area contributed by atoms with Crippen LogP contribution in [0.15, 0.2) is 29.3 Å². The quantitative estimate of drug-likeness (QED) is 0.586. The molecule has 2 rings (SSSR count). The van der Waals surface area contributed by atoms with Gasteiger partial charge in [-0.3, -0.25) is 14.2 Å². The number of ether oxygens (including phenoxy) is 1. The number of halogens is 1. The molecule has 0 aliphatic rings. The second kappa shape index (κ2) is 6.38. The van der Waals surface area contributed by atoms with Crippen LogP contribution in [0.2, 0.25) is 0 Å². The van der Waals surface area contributed by atoms with Gasteiger partial charge in [0.2, 0.25) is 0 Å². The topological polar surface area (TPSA) is 61.2 Å². The zero-order chi connectivity index (χ0) is 15.6. The lowest BCUT2D eigenvalue weighted by Crippen LogP contribution is -2.27. The van der Waals surface area contributed by atoms with Gasteiger partial charge >= 0.3 is 0 Å². The summed E-state index contributed by atoms with van der Waals surface area (Å²) in [5.74, 6) is 0.332. The fourth-order valence-corrected chi connectivity index (χ4v) is 2.38. The van der Waals surface area contributed by atoms with Crippen molar-refractivity contribution in [3.63, 3.8) is 0 Å². The van der Waals surface area contributed by atoms with Crippen LogP contribution < -0.4 is 10.3 Å². The van der Waals surface area contributed by atoms with Crippen molar-refractivity contribution < 1.29 is 9.53 Å². The summed E-state index contributed by atoms with van der Waals surface area (Å²) in [5.41, 5.74) is 1.93. The maximum Gasteiger partial charge on any atom is 0.267 e. The zero-order valence-corrected chi connectivity index (χ0v) is 14.2. The molecule has 0 atom stereocenters. The Morgan fingerprint density at radius 3 is 2.76 bits per heavy atom. The Hall–Kier alpha value is -1.70. The van der Waals surface area contributed by atoms with Gasteiger partial charge in [-0.2, -0.15) is 0 Å². The van der Waals surface area contributed by atoms with Crippen LogP contribution in [-0.2, 0) is 6.54 Å².